The molecule has 4 aromatic rings. The Hall–Kier alpha value is -5.45. The van der Waals surface area contributed by atoms with Crippen LogP contribution in [0.5, 0.6) is 0 Å². The summed E-state index contributed by atoms with van der Waals surface area (Å²) in [5.74, 6) is -1.69. The van der Waals surface area contributed by atoms with E-state index in [0.717, 1.165) is 33.5 Å². The van der Waals surface area contributed by atoms with Crippen LogP contribution in [0.4, 0.5) is 13.2 Å². The molecule has 3 aromatic carbocycles. The second kappa shape index (κ2) is 15.0. The fraction of sp³-hybridized carbons (Fsp3) is 0.258. The summed E-state index contributed by atoms with van der Waals surface area (Å²) in [5.41, 5.74) is 1.04. The number of amides is 1. The molecule has 0 aliphatic carbocycles. The van der Waals surface area contributed by atoms with Gasteiger partial charge in [-0.25, -0.2) is 17.8 Å². The molecule has 1 amide bonds. The van der Waals surface area contributed by atoms with Crippen molar-refractivity contribution in [1.29, 1.82) is 0 Å². The minimum absolute atomic E-state index is 0.0670. The summed E-state index contributed by atoms with van der Waals surface area (Å²) in [4.78, 5) is 28.8. The van der Waals surface area contributed by atoms with Crippen molar-refractivity contribution in [2.45, 2.75) is 43.8 Å². The minimum atomic E-state index is -4.73. The van der Waals surface area contributed by atoms with E-state index >= 15 is 0 Å². The van der Waals surface area contributed by atoms with Crippen molar-refractivity contribution in [3.8, 4) is 16.9 Å². The van der Waals surface area contributed by atoms with Gasteiger partial charge in [-0.15, -0.1) is 5.01 Å². The number of halogens is 3. The van der Waals surface area contributed by atoms with Crippen LogP contribution in [0, 0.1) is 12.1 Å². The van der Waals surface area contributed by atoms with Crippen LogP contribution in [-0.4, -0.2) is 59.9 Å². The smallest absolute Gasteiger partial charge is 0.435 e. The highest BCUT2D eigenvalue weighted by molar-refractivity contribution is 7.90. The van der Waals surface area contributed by atoms with E-state index < -0.39 is 46.6 Å². The number of nitrogens with zero attached hydrogens (tertiary/aromatic N) is 5. The predicted molar refractivity (Wildman–Crippen MR) is 164 cm³/mol. The number of esters is 1. The number of nitrogens with one attached hydrogen (secondary N) is 1. The largest absolute Gasteiger partial charge is 0.569 e. The molecule has 0 radical (unpaired) electrons. The second-order valence-electron chi connectivity index (χ2n) is 10.4. The lowest BCUT2D eigenvalue weighted by Gasteiger charge is -2.23. The van der Waals surface area contributed by atoms with Crippen molar-refractivity contribution >= 4 is 21.9 Å². The molecular formula is C31H31F3N6O7S. The van der Waals surface area contributed by atoms with Crippen molar-refractivity contribution in [3.63, 3.8) is 0 Å². The molecule has 0 bridgehead atoms. The molecule has 254 valence electrons. The van der Waals surface area contributed by atoms with E-state index in [1.807, 2.05) is 11.6 Å². The molecule has 0 aliphatic heterocycles. The number of alkyl halides is 3. The molecule has 0 saturated carbocycles. The molecule has 4 rings (SSSR count). The average molecular weight is 689 g/mol. The average Bonchev–Trinajstić information content (AvgIpc) is 3.52. The number of likely N-dealkylation sites (N-methyl/N-ethyl adjacent to an activating group) is 1. The third-order valence-corrected chi connectivity index (χ3v) is 8.32. The van der Waals surface area contributed by atoms with Crippen LogP contribution in [0.25, 0.3) is 16.9 Å². The SMILES string of the molecule is CCC(=O)OCO/N=[N+](/[O-])N(C)[C@@H](Cc1ccccc1)C(=O)NS(=O)(=O)c1ccc(-n2nc(C(F)(F)F)cc2-c2ccc(C)cc2)cc1. The maximum Gasteiger partial charge on any atom is 0.435 e. The molecule has 1 atom stereocenters. The van der Waals surface area contributed by atoms with Gasteiger partial charge in [-0.3, -0.25) is 9.59 Å². The molecule has 0 saturated heterocycles. The van der Waals surface area contributed by atoms with Crippen molar-refractivity contribution in [2.75, 3.05) is 13.8 Å². The summed E-state index contributed by atoms with van der Waals surface area (Å²) in [6.45, 7) is 2.72. The molecule has 0 spiro atoms. The van der Waals surface area contributed by atoms with E-state index in [1.165, 1.54) is 19.2 Å². The Morgan fingerprint density at radius 3 is 2.31 bits per heavy atom. The van der Waals surface area contributed by atoms with Crippen LogP contribution in [0.3, 0.4) is 0 Å². The maximum absolute atomic E-state index is 13.6. The first-order valence-electron chi connectivity index (χ1n) is 14.3. The normalized spacial score (nSPS) is 12.7. The minimum Gasteiger partial charge on any atom is -0.569 e. The zero-order valence-corrected chi connectivity index (χ0v) is 26.7. The fourth-order valence-corrected chi connectivity index (χ4v) is 5.36. The van der Waals surface area contributed by atoms with Crippen molar-refractivity contribution in [3.05, 3.63) is 107 Å². The third kappa shape index (κ3) is 8.87. The third-order valence-electron chi connectivity index (χ3n) is 6.96. The second-order valence-corrected chi connectivity index (χ2v) is 12.1. The molecular weight excluding hydrogens is 657 g/mol. The molecule has 17 heteroatoms. The summed E-state index contributed by atoms with van der Waals surface area (Å²) in [6.07, 6.45) is -4.79. The molecule has 0 aliphatic rings. The van der Waals surface area contributed by atoms with Gasteiger partial charge in [0.2, 0.25) is 5.28 Å². The van der Waals surface area contributed by atoms with Gasteiger partial charge in [0.15, 0.2) is 11.7 Å². The fourth-order valence-electron chi connectivity index (χ4n) is 4.35. The van der Waals surface area contributed by atoms with Gasteiger partial charge in [0.1, 0.15) is 0 Å². The number of rotatable bonds is 13. The van der Waals surface area contributed by atoms with Crippen LogP contribution in [0.1, 0.15) is 30.2 Å². The molecule has 1 heterocycles. The number of hydrazine groups is 1. The van der Waals surface area contributed by atoms with Gasteiger partial charge in [-0.05, 0) is 42.8 Å². The lowest BCUT2D eigenvalue weighted by Crippen LogP contribution is -2.50. The number of benzene rings is 3. The van der Waals surface area contributed by atoms with Gasteiger partial charge in [-0.1, -0.05) is 67.1 Å². The van der Waals surface area contributed by atoms with Crippen LogP contribution < -0.4 is 4.72 Å². The number of sulfonamides is 1. The summed E-state index contributed by atoms with van der Waals surface area (Å²) in [5, 5.41) is 20.4. The van der Waals surface area contributed by atoms with Gasteiger partial charge in [0.05, 0.1) is 28.3 Å². The van der Waals surface area contributed by atoms with E-state index in [0.29, 0.717) is 11.1 Å². The number of carbonyl (C=O) groups excluding carboxylic acids is 2. The summed E-state index contributed by atoms with van der Waals surface area (Å²) in [6, 6.07) is 19.4. The van der Waals surface area contributed by atoms with Crippen molar-refractivity contribution < 1.29 is 45.7 Å². The van der Waals surface area contributed by atoms with E-state index in [9.17, 15) is 36.4 Å². The topological polar surface area (TPSA) is 158 Å². The van der Waals surface area contributed by atoms with Gasteiger partial charge < -0.3 is 14.8 Å². The van der Waals surface area contributed by atoms with Crippen molar-refractivity contribution in [1.82, 2.24) is 19.5 Å². The maximum atomic E-state index is 13.6. The highest BCUT2D eigenvalue weighted by Gasteiger charge is 2.36. The number of ether oxygens (including phenoxy) is 1. The van der Waals surface area contributed by atoms with E-state index in [2.05, 4.69) is 20.0 Å². The first-order chi connectivity index (χ1) is 22.7. The van der Waals surface area contributed by atoms with Crippen LogP contribution in [-0.2, 0) is 41.8 Å². The number of hydrogen-bond donors (Lipinski definition) is 1. The number of aromatic nitrogens is 2. The molecule has 13 nitrogen and oxygen atoms in total. The Bertz CT molecular complexity index is 1870. The van der Waals surface area contributed by atoms with E-state index in [1.54, 1.807) is 61.5 Å². The number of aryl methyl sites for hydroxylation is 1. The van der Waals surface area contributed by atoms with Gasteiger partial charge in [0, 0.05) is 18.4 Å². The van der Waals surface area contributed by atoms with E-state index in [-0.39, 0.29) is 34.1 Å². The highest BCUT2D eigenvalue weighted by atomic mass is 32.2. The molecule has 0 fully saturated rings. The Morgan fingerprint density at radius 1 is 1.06 bits per heavy atom. The molecule has 1 N–H and O–H groups in total. The first kappa shape index (κ1) is 35.4. The predicted octanol–water partition coefficient (Wildman–Crippen LogP) is 4.93. The number of carbonyl (C=O) groups is 2. The van der Waals surface area contributed by atoms with Crippen LogP contribution >= 0.6 is 0 Å². The number of hydrogen-bond acceptors (Lipinski definition) is 9. The quantitative estimate of drug-likeness (QED) is 0.0513. The van der Waals surface area contributed by atoms with Gasteiger partial charge >= 0.3 is 12.1 Å². The molecule has 48 heavy (non-hydrogen) atoms. The standard InChI is InChI=1S/C31H31F3N6O7S/c1-4-29(41)46-20-47-37-40(43)38(3)27(18-22-8-6-5-7-9-22)30(42)36-48(44,45)25-16-14-24(15-17-25)39-26(19-28(35-39)31(32,33)34)23-12-10-21(2)11-13-23/h5-17,19,27H,4,18,20H2,1-3H3,(H,36,42)/b40-37+/t27-/m0/s1. The summed E-state index contributed by atoms with van der Waals surface area (Å²) >= 11 is 0. The highest BCUT2D eigenvalue weighted by Crippen LogP contribution is 2.33. The Morgan fingerprint density at radius 2 is 1.71 bits per heavy atom. The first-order valence-corrected chi connectivity index (χ1v) is 15.8. The Labute approximate surface area is 273 Å². The van der Waals surface area contributed by atoms with Crippen LogP contribution in [0.2, 0.25) is 0 Å². The van der Waals surface area contributed by atoms with Crippen molar-refractivity contribution in [2.24, 2.45) is 5.28 Å². The van der Waals surface area contributed by atoms with Crippen LogP contribution in [0.15, 0.2) is 95.1 Å². The lowest BCUT2D eigenvalue weighted by atomic mass is 10.1. The van der Waals surface area contributed by atoms with E-state index in [4.69, 9.17) is 0 Å². The Kier molecular flexibility index (Phi) is 11.0. The molecule has 0 unspecified atom stereocenters. The molecule has 1 aromatic heterocycles. The lowest BCUT2D eigenvalue weighted by molar-refractivity contribution is -0.710. The zero-order valence-electron chi connectivity index (χ0n) is 25.9. The van der Waals surface area contributed by atoms with Gasteiger partial charge in [0.25, 0.3) is 22.7 Å². The summed E-state index contributed by atoms with van der Waals surface area (Å²) < 4.78 is 75.0. The Balaban J connectivity index is 1.58. The zero-order chi connectivity index (χ0) is 35.1. The van der Waals surface area contributed by atoms with Gasteiger partial charge in [-0.2, -0.15) is 18.3 Å². The monoisotopic (exact) mass is 688 g/mol. The summed E-state index contributed by atoms with van der Waals surface area (Å²) in [7, 11) is -3.37.